The summed E-state index contributed by atoms with van der Waals surface area (Å²) in [7, 11) is 3.89. The molecule has 0 aliphatic rings. The highest BCUT2D eigenvalue weighted by atomic mass is 16.1. The zero-order chi connectivity index (χ0) is 21.8. The van der Waals surface area contributed by atoms with E-state index in [4.69, 9.17) is 0 Å². The van der Waals surface area contributed by atoms with Crippen molar-refractivity contribution in [1.29, 1.82) is 0 Å². The largest absolute Gasteiger partial charge is 0.378 e. The van der Waals surface area contributed by atoms with Gasteiger partial charge in [0.25, 0.3) is 5.91 Å². The van der Waals surface area contributed by atoms with Crippen LogP contribution < -0.4 is 15.5 Å². The Morgan fingerprint density at radius 1 is 0.968 bits per heavy atom. The Hall–Kier alpha value is -4.20. The lowest BCUT2D eigenvalue weighted by Crippen LogP contribution is -2.14. The normalized spacial score (nSPS) is 10.5. The van der Waals surface area contributed by atoms with Crippen molar-refractivity contribution >= 4 is 28.8 Å². The predicted octanol–water partition coefficient (Wildman–Crippen LogP) is 4.03. The summed E-state index contributed by atoms with van der Waals surface area (Å²) in [6.07, 6.45) is 3.53. The van der Waals surface area contributed by atoms with Crippen LogP contribution in [0.4, 0.5) is 22.9 Å². The monoisotopic (exact) mass is 413 g/mol. The van der Waals surface area contributed by atoms with Gasteiger partial charge in [-0.15, -0.1) is 0 Å². The standard InChI is InChI=1S/C23H23N7O/c1-16-25-21(15-22(26-16)30-13-5-12-24-30)27-18-8-10-19(11-9-18)28-23(31)17-6-4-7-20(14-17)29(2)3/h4-15H,1-3H3,(H,28,31)(H,25,26,27). The van der Waals surface area contributed by atoms with Crippen LogP contribution in [0.3, 0.4) is 0 Å². The number of nitrogens with zero attached hydrogens (tertiary/aromatic N) is 5. The van der Waals surface area contributed by atoms with Gasteiger partial charge in [-0.1, -0.05) is 6.07 Å². The van der Waals surface area contributed by atoms with Gasteiger partial charge >= 0.3 is 0 Å². The van der Waals surface area contributed by atoms with E-state index in [-0.39, 0.29) is 5.91 Å². The van der Waals surface area contributed by atoms with Crippen LogP contribution in [0.15, 0.2) is 73.1 Å². The summed E-state index contributed by atoms with van der Waals surface area (Å²) in [5, 5.41) is 10.4. The summed E-state index contributed by atoms with van der Waals surface area (Å²) in [6.45, 7) is 1.84. The van der Waals surface area contributed by atoms with Crippen molar-refractivity contribution in [2.24, 2.45) is 0 Å². The molecular formula is C23H23N7O. The number of nitrogens with one attached hydrogen (secondary N) is 2. The Balaban J connectivity index is 1.45. The van der Waals surface area contributed by atoms with E-state index in [2.05, 4.69) is 25.7 Å². The lowest BCUT2D eigenvalue weighted by atomic mass is 10.1. The molecule has 0 aliphatic carbocycles. The summed E-state index contributed by atoms with van der Waals surface area (Å²) >= 11 is 0. The Morgan fingerprint density at radius 3 is 2.45 bits per heavy atom. The number of carbonyl (C=O) groups excluding carboxylic acids is 1. The van der Waals surface area contributed by atoms with Crippen molar-refractivity contribution < 1.29 is 4.79 Å². The maximum atomic E-state index is 12.6. The third-order valence-electron chi connectivity index (χ3n) is 4.60. The molecule has 2 aromatic heterocycles. The molecule has 2 aromatic carbocycles. The van der Waals surface area contributed by atoms with E-state index in [9.17, 15) is 4.79 Å². The number of aryl methyl sites for hydroxylation is 1. The summed E-state index contributed by atoms with van der Waals surface area (Å²) in [4.78, 5) is 23.4. The number of rotatable bonds is 6. The lowest BCUT2D eigenvalue weighted by Gasteiger charge is -2.13. The van der Waals surface area contributed by atoms with Gasteiger partial charge in [0, 0.05) is 55.2 Å². The van der Waals surface area contributed by atoms with E-state index in [0.29, 0.717) is 28.7 Å². The van der Waals surface area contributed by atoms with Crippen LogP contribution in [-0.2, 0) is 0 Å². The second kappa shape index (κ2) is 8.66. The van der Waals surface area contributed by atoms with Gasteiger partial charge in [0.15, 0.2) is 5.82 Å². The molecule has 0 atom stereocenters. The Morgan fingerprint density at radius 2 is 1.74 bits per heavy atom. The molecule has 1 amide bonds. The number of aromatic nitrogens is 4. The van der Waals surface area contributed by atoms with Crippen molar-refractivity contribution in [1.82, 2.24) is 19.7 Å². The number of hydrogen-bond donors (Lipinski definition) is 2. The molecule has 31 heavy (non-hydrogen) atoms. The highest BCUT2D eigenvalue weighted by Crippen LogP contribution is 2.20. The van der Waals surface area contributed by atoms with Gasteiger partial charge < -0.3 is 15.5 Å². The quantitative estimate of drug-likeness (QED) is 0.496. The lowest BCUT2D eigenvalue weighted by molar-refractivity contribution is 0.102. The van der Waals surface area contributed by atoms with Crippen molar-refractivity contribution in [3.63, 3.8) is 0 Å². The molecule has 0 fully saturated rings. The molecule has 156 valence electrons. The first-order chi connectivity index (χ1) is 15.0. The molecule has 2 N–H and O–H groups in total. The molecule has 4 aromatic rings. The molecule has 4 rings (SSSR count). The van der Waals surface area contributed by atoms with Gasteiger partial charge in [-0.3, -0.25) is 4.79 Å². The molecule has 0 saturated heterocycles. The third kappa shape index (κ3) is 4.87. The van der Waals surface area contributed by atoms with Crippen LogP contribution in [0.25, 0.3) is 5.82 Å². The summed E-state index contributed by atoms with van der Waals surface area (Å²) in [5.74, 6) is 1.83. The summed E-state index contributed by atoms with van der Waals surface area (Å²) < 4.78 is 1.68. The third-order valence-corrected chi connectivity index (χ3v) is 4.60. The van der Waals surface area contributed by atoms with E-state index >= 15 is 0 Å². The number of anilines is 4. The highest BCUT2D eigenvalue weighted by Gasteiger charge is 2.09. The maximum Gasteiger partial charge on any atom is 0.255 e. The first kappa shape index (κ1) is 20.1. The van der Waals surface area contributed by atoms with Gasteiger partial charge in [0.1, 0.15) is 11.6 Å². The molecular weight excluding hydrogens is 390 g/mol. The second-order valence-electron chi connectivity index (χ2n) is 7.21. The van der Waals surface area contributed by atoms with Crippen LogP contribution in [0.5, 0.6) is 0 Å². The van der Waals surface area contributed by atoms with Crippen molar-refractivity contribution in [3.8, 4) is 5.82 Å². The first-order valence-corrected chi connectivity index (χ1v) is 9.79. The van der Waals surface area contributed by atoms with Crippen LogP contribution in [-0.4, -0.2) is 39.8 Å². The smallest absolute Gasteiger partial charge is 0.255 e. The fourth-order valence-electron chi connectivity index (χ4n) is 3.05. The topological polar surface area (TPSA) is 88.0 Å². The zero-order valence-electron chi connectivity index (χ0n) is 17.6. The SMILES string of the molecule is Cc1nc(Nc2ccc(NC(=O)c3cccc(N(C)C)c3)cc2)cc(-n2cccn2)n1. The van der Waals surface area contributed by atoms with E-state index < -0.39 is 0 Å². The minimum atomic E-state index is -0.153. The van der Waals surface area contributed by atoms with Crippen molar-refractivity contribution in [3.05, 3.63) is 84.4 Å². The van der Waals surface area contributed by atoms with Gasteiger partial charge in [-0.05, 0) is 55.5 Å². The fraction of sp³-hybridized carbons (Fsp3) is 0.130. The minimum Gasteiger partial charge on any atom is -0.378 e. The average molecular weight is 413 g/mol. The Kier molecular flexibility index (Phi) is 5.61. The molecule has 0 spiro atoms. The molecule has 0 bridgehead atoms. The molecule has 8 heteroatoms. The first-order valence-electron chi connectivity index (χ1n) is 9.79. The summed E-state index contributed by atoms with van der Waals surface area (Å²) in [5.41, 5.74) is 3.14. The van der Waals surface area contributed by atoms with Gasteiger partial charge in [0.2, 0.25) is 0 Å². The highest BCUT2D eigenvalue weighted by molar-refractivity contribution is 6.04. The zero-order valence-corrected chi connectivity index (χ0v) is 17.6. The van der Waals surface area contributed by atoms with Gasteiger partial charge in [0.05, 0.1) is 0 Å². The van der Waals surface area contributed by atoms with E-state index in [1.807, 2.05) is 86.7 Å². The predicted molar refractivity (Wildman–Crippen MR) is 122 cm³/mol. The number of benzene rings is 2. The minimum absolute atomic E-state index is 0.153. The number of amides is 1. The molecule has 2 heterocycles. The molecule has 0 radical (unpaired) electrons. The maximum absolute atomic E-state index is 12.6. The molecule has 8 nitrogen and oxygen atoms in total. The molecule has 0 saturated carbocycles. The second-order valence-corrected chi connectivity index (χ2v) is 7.21. The number of carbonyl (C=O) groups is 1. The molecule has 0 unspecified atom stereocenters. The van der Waals surface area contributed by atoms with Crippen molar-refractivity contribution in [2.75, 3.05) is 29.6 Å². The average Bonchev–Trinajstić information content (AvgIpc) is 3.30. The van der Waals surface area contributed by atoms with Crippen LogP contribution >= 0.6 is 0 Å². The van der Waals surface area contributed by atoms with Crippen LogP contribution in [0.2, 0.25) is 0 Å². The Labute approximate surface area is 180 Å². The van der Waals surface area contributed by atoms with Gasteiger partial charge in [-0.2, -0.15) is 5.10 Å². The van der Waals surface area contributed by atoms with Crippen LogP contribution in [0.1, 0.15) is 16.2 Å². The Bertz CT molecular complexity index is 1190. The van der Waals surface area contributed by atoms with Crippen molar-refractivity contribution in [2.45, 2.75) is 6.92 Å². The molecule has 0 aliphatic heterocycles. The van der Waals surface area contributed by atoms with E-state index in [1.165, 1.54) is 0 Å². The van der Waals surface area contributed by atoms with E-state index in [1.54, 1.807) is 16.9 Å². The number of hydrogen-bond acceptors (Lipinski definition) is 6. The van der Waals surface area contributed by atoms with E-state index in [0.717, 1.165) is 11.4 Å². The van der Waals surface area contributed by atoms with Gasteiger partial charge in [-0.25, -0.2) is 14.6 Å². The fourth-order valence-corrected chi connectivity index (χ4v) is 3.05. The van der Waals surface area contributed by atoms with Crippen LogP contribution in [0, 0.1) is 6.92 Å². The summed E-state index contributed by atoms with van der Waals surface area (Å²) in [6, 6.07) is 18.6.